The SMILES string of the molecule is COCCCN1CCOc2ccc(CO[C@H]3CN(S(=O)(=O)c4ccc(C)cc4)[C@@H](C[C@@H](C)OS(C)(=O)=O)C[C@@H]3c3ccc(OC)cc3)cc21. The summed E-state index contributed by atoms with van der Waals surface area (Å²) in [7, 11) is -4.43. The lowest BCUT2D eigenvalue weighted by atomic mass is 9.82. The molecule has 0 radical (unpaired) electrons. The second-order valence-electron chi connectivity index (χ2n) is 12.8. The summed E-state index contributed by atoms with van der Waals surface area (Å²) in [5, 5.41) is 0. The molecule has 0 N–H and O–H groups in total. The van der Waals surface area contributed by atoms with E-state index < -0.39 is 38.4 Å². The minimum Gasteiger partial charge on any atom is -0.497 e. The molecule has 2 aliphatic rings. The first-order valence-corrected chi connectivity index (χ1v) is 19.9. The van der Waals surface area contributed by atoms with Crippen molar-refractivity contribution in [2.45, 2.75) is 68.8 Å². The zero-order valence-corrected chi connectivity index (χ0v) is 30.5. The summed E-state index contributed by atoms with van der Waals surface area (Å²) in [5.41, 5.74) is 3.86. The summed E-state index contributed by atoms with van der Waals surface area (Å²) in [5.74, 6) is 1.33. The molecule has 2 heterocycles. The Kier molecular flexibility index (Phi) is 12.3. The van der Waals surface area contributed by atoms with Gasteiger partial charge in [-0.1, -0.05) is 35.9 Å². The third-order valence-electron chi connectivity index (χ3n) is 9.08. The summed E-state index contributed by atoms with van der Waals surface area (Å²) in [4.78, 5) is 2.46. The van der Waals surface area contributed by atoms with Gasteiger partial charge in [-0.2, -0.15) is 12.7 Å². The number of methoxy groups -OCH3 is 2. The lowest BCUT2D eigenvalue weighted by molar-refractivity contribution is -0.0243. The number of ether oxygens (including phenoxy) is 4. The fraction of sp³-hybridized carbons (Fsp3) is 0.500. The summed E-state index contributed by atoms with van der Waals surface area (Å²) in [6.45, 7) is 6.78. The van der Waals surface area contributed by atoms with Gasteiger partial charge in [0.25, 0.3) is 10.1 Å². The predicted octanol–water partition coefficient (Wildman–Crippen LogP) is 5.13. The molecule has 11 nitrogen and oxygen atoms in total. The van der Waals surface area contributed by atoms with Crippen LogP contribution >= 0.6 is 0 Å². The van der Waals surface area contributed by atoms with Gasteiger partial charge in [-0.3, -0.25) is 4.18 Å². The highest BCUT2D eigenvalue weighted by Crippen LogP contribution is 2.40. The van der Waals surface area contributed by atoms with Crippen LogP contribution in [0, 0.1) is 6.92 Å². The van der Waals surface area contributed by atoms with Crippen LogP contribution in [0.2, 0.25) is 0 Å². The molecule has 13 heteroatoms. The molecule has 3 aromatic carbocycles. The molecule has 0 aliphatic carbocycles. The molecule has 0 amide bonds. The van der Waals surface area contributed by atoms with Crippen molar-refractivity contribution in [3.8, 4) is 11.5 Å². The molecule has 0 aromatic heterocycles. The normalized spacial score (nSPS) is 20.8. The Labute approximate surface area is 291 Å². The van der Waals surface area contributed by atoms with E-state index in [9.17, 15) is 16.8 Å². The minimum absolute atomic E-state index is 0.0698. The maximum Gasteiger partial charge on any atom is 0.264 e. The Morgan fingerprint density at radius 1 is 0.980 bits per heavy atom. The molecule has 0 saturated carbocycles. The molecule has 1 saturated heterocycles. The van der Waals surface area contributed by atoms with Crippen molar-refractivity contribution >= 4 is 25.8 Å². The molecule has 0 unspecified atom stereocenters. The lowest BCUT2D eigenvalue weighted by Crippen LogP contribution is -2.53. The second-order valence-corrected chi connectivity index (χ2v) is 16.3. The van der Waals surface area contributed by atoms with E-state index in [0.29, 0.717) is 25.4 Å². The summed E-state index contributed by atoms with van der Waals surface area (Å²) < 4.78 is 82.6. The molecular weight excluding hydrogens is 669 g/mol. The van der Waals surface area contributed by atoms with Crippen molar-refractivity contribution in [1.29, 1.82) is 0 Å². The number of piperidine rings is 1. The maximum absolute atomic E-state index is 14.3. The quantitative estimate of drug-likeness (QED) is 0.155. The van der Waals surface area contributed by atoms with E-state index in [2.05, 4.69) is 11.0 Å². The zero-order chi connectivity index (χ0) is 35.2. The van der Waals surface area contributed by atoms with E-state index >= 15 is 0 Å². The van der Waals surface area contributed by atoms with Gasteiger partial charge in [0.2, 0.25) is 10.0 Å². The van der Waals surface area contributed by atoms with Crippen LogP contribution in [0.3, 0.4) is 0 Å². The molecule has 0 spiro atoms. The summed E-state index contributed by atoms with van der Waals surface area (Å²) >= 11 is 0. The molecule has 5 rings (SSSR count). The lowest BCUT2D eigenvalue weighted by Gasteiger charge is -2.44. The number of hydrogen-bond donors (Lipinski definition) is 0. The number of benzene rings is 3. The largest absolute Gasteiger partial charge is 0.497 e. The van der Waals surface area contributed by atoms with Gasteiger partial charge >= 0.3 is 0 Å². The Morgan fingerprint density at radius 3 is 2.39 bits per heavy atom. The number of hydrogen-bond acceptors (Lipinski definition) is 10. The first-order valence-electron chi connectivity index (χ1n) is 16.6. The van der Waals surface area contributed by atoms with Crippen LogP contribution < -0.4 is 14.4 Å². The van der Waals surface area contributed by atoms with Gasteiger partial charge in [0.15, 0.2) is 0 Å². The standard InChI is InChI=1S/C36H48N2O9S2/c1-26-7-14-32(15-8-26)49(41,42)38-24-36(46-25-28-9-16-35-34(22-28)37(18-20-45-35)17-6-19-43-3)33(29-10-12-31(44-4)13-11-29)23-30(38)21-27(2)47-48(5,39)40/h7-16,22,27,30,33,36H,6,17-21,23-25H2,1-5H3/t27-,30+,33-,36+/m1/s1. The van der Waals surface area contributed by atoms with E-state index in [0.717, 1.165) is 53.9 Å². The Balaban J connectivity index is 1.47. The highest BCUT2D eigenvalue weighted by molar-refractivity contribution is 7.89. The monoisotopic (exact) mass is 716 g/mol. The van der Waals surface area contributed by atoms with E-state index in [1.54, 1.807) is 45.4 Å². The summed E-state index contributed by atoms with van der Waals surface area (Å²) in [6, 6.07) is 20.0. The average molecular weight is 717 g/mol. The van der Waals surface area contributed by atoms with Crippen LogP contribution in [0.15, 0.2) is 71.6 Å². The number of aryl methyl sites for hydroxylation is 1. The third kappa shape index (κ3) is 9.53. The second kappa shape index (κ2) is 16.2. The molecule has 0 bridgehead atoms. The zero-order valence-electron chi connectivity index (χ0n) is 28.9. The number of rotatable bonds is 15. The van der Waals surface area contributed by atoms with Gasteiger partial charge in [-0.15, -0.1) is 0 Å². The first-order chi connectivity index (χ1) is 23.4. The van der Waals surface area contributed by atoms with Crippen molar-refractivity contribution < 1.29 is 40.0 Å². The molecule has 2 aliphatic heterocycles. The van der Waals surface area contributed by atoms with E-state index in [1.165, 1.54) is 4.31 Å². The van der Waals surface area contributed by atoms with Crippen molar-refractivity contribution in [3.63, 3.8) is 0 Å². The number of nitrogens with zero attached hydrogens (tertiary/aromatic N) is 2. The molecule has 4 atom stereocenters. The van der Waals surface area contributed by atoms with Gasteiger partial charge in [0, 0.05) is 38.8 Å². The smallest absolute Gasteiger partial charge is 0.264 e. The van der Waals surface area contributed by atoms with Crippen LogP contribution in [0.25, 0.3) is 0 Å². The van der Waals surface area contributed by atoms with Crippen molar-refractivity contribution in [3.05, 3.63) is 83.4 Å². The highest BCUT2D eigenvalue weighted by atomic mass is 32.2. The van der Waals surface area contributed by atoms with E-state index in [1.807, 2.05) is 43.3 Å². The molecule has 268 valence electrons. The van der Waals surface area contributed by atoms with Gasteiger partial charge in [0.1, 0.15) is 18.1 Å². The molecular formula is C36H48N2O9S2. The fourth-order valence-electron chi connectivity index (χ4n) is 6.70. The summed E-state index contributed by atoms with van der Waals surface area (Å²) in [6.07, 6.45) is 1.21. The average Bonchev–Trinajstić information content (AvgIpc) is 3.07. The van der Waals surface area contributed by atoms with Crippen molar-refractivity contribution in [2.24, 2.45) is 0 Å². The van der Waals surface area contributed by atoms with Crippen molar-refractivity contribution in [1.82, 2.24) is 4.31 Å². The maximum atomic E-state index is 14.3. The number of anilines is 1. The molecule has 49 heavy (non-hydrogen) atoms. The highest BCUT2D eigenvalue weighted by Gasteiger charge is 2.43. The van der Waals surface area contributed by atoms with Gasteiger partial charge in [-0.05, 0) is 80.6 Å². The molecule has 3 aromatic rings. The van der Waals surface area contributed by atoms with Crippen LogP contribution in [-0.4, -0.2) is 92.7 Å². The van der Waals surface area contributed by atoms with Gasteiger partial charge < -0.3 is 23.8 Å². The predicted molar refractivity (Wildman–Crippen MR) is 188 cm³/mol. The molecule has 1 fully saturated rings. The first kappa shape index (κ1) is 37.1. The van der Waals surface area contributed by atoms with Crippen LogP contribution in [0.1, 0.15) is 48.8 Å². The topological polar surface area (TPSA) is 121 Å². The Morgan fingerprint density at radius 2 is 1.71 bits per heavy atom. The van der Waals surface area contributed by atoms with E-state index in [-0.39, 0.29) is 30.4 Å². The number of sulfonamides is 1. The third-order valence-corrected chi connectivity index (χ3v) is 11.7. The van der Waals surface area contributed by atoms with E-state index in [4.69, 9.17) is 23.1 Å². The number of fused-ring (bicyclic) bond motifs is 1. The van der Waals surface area contributed by atoms with Crippen molar-refractivity contribution in [2.75, 3.05) is 58.2 Å². The van der Waals surface area contributed by atoms with Gasteiger partial charge in [0.05, 0.1) is 49.3 Å². The Bertz CT molecular complexity index is 1750. The van der Waals surface area contributed by atoms with Crippen LogP contribution in [0.4, 0.5) is 5.69 Å². The van der Waals surface area contributed by atoms with Crippen LogP contribution in [-0.2, 0) is 40.4 Å². The van der Waals surface area contributed by atoms with Gasteiger partial charge in [-0.25, -0.2) is 8.42 Å². The van der Waals surface area contributed by atoms with Crippen LogP contribution in [0.5, 0.6) is 11.5 Å². The minimum atomic E-state index is -3.99. The fourth-order valence-corrected chi connectivity index (χ4v) is 9.04. The Hall–Kier alpha value is -3.20.